The summed E-state index contributed by atoms with van der Waals surface area (Å²) in [6.45, 7) is 3.00. The van der Waals surface area contributed by atoms with Gasteiger partial charge < -0.3 is 9.84 Å². The molecule has 1 heterocycles. The fourth-order valence-corrected chi connectivity index (χ4v) is 3.37. The number of ether oxygens (including phenoxy) is 1. The summed E-state index contributed by atoms with van der Waals surface area (Å²) < 4.78 is 30.9. The molecule has 0 aliphatic carbocycles. The number of H-pyrrole nitrogens is 1. The van der Waals surface area contributed by atoms with Crippen LogP contribution in [0.3, 0.4) is 0 Å². The Morgan fingerprint density at radius 2 is 2.05 bits per heavy atom. The van der Waals surface area contributed by atoms with E-state index in [2.05, 4.69) is 19.7 Å². The molecule has 21 heavy (non-hydrogen) atoms. The highest BCUT2D eigenvalue weighted by atomic mass is 32.2. The third-order valence-electron chi connectivity index (χ3n) is 2.79. The molecular weight excluding hydrogens is 302 g/mol. The number of carboxylic acid groups (broad SMARTS) is 1. The van der Waals surface area contributed by atoms with Crippen molar-refractivity contribution in [2.24, 2.45) is 0 Å². The van der Waals surface area contributed by atoms with Crippen LogP contribution in [0.15, 0.2) is 4.90 Å². The van der Waals surface area contributed by atoms with Crippen molar-refractivity contribution < 1.29 is 27.9 Å². The maximum Gasteiger partial charge on any atom is 0.321 e. The molecule has 0 saturated heterocycles. The number of nitrogens with zero attached hydrogens (tertiary/aromatic N) is 1. The van der Waals surface area contributed by atoms with Crippen molar-refractivity contribution in [2.45, 2.75) is 37.6 Å². The van der Waals surface area contributed by atoms with Gasteiger partial charge >= 0.3 is 11.9 Å². The SMILES string of the molecule is COC(=O)CC[C@@H](NS(=O)(=O)c1c(C)n[nH]c1C)C(=O)O. The van der Waals surface area contributed by atoms with Crippen LogP contribution in [0.1, 0.15) is 24.2 Å². The minimum Gasteiger partial charge on any atom is -0.480 e. The van der Waals surface area contributed by atoms with Gasteiger partial charge in [-0.2, -0.15) is 9.82 Å². The molecule has 0 saturated carbocycles. The van der Waals surface area contributed by atoms with Gasteiger partial charge in [0.25, 0.3) is 0 Å². The minimum absolute atomic E-state index is 0.0909. The Morgan fingerprint density at radius 1 is 1.43 bits per heavy atom. The van der Waals surface area contributed by atoms with E-state index in [9.17, 15) is 18.0 Å². The van der Waals surface area contributed by atoms with Gasteiger partial charge in [-0.15, -0.1) is 0 Å². The van der Waals surface area contributed by atoms with Crippen LogP contribution in [0.2, 0.25) is 0 Å². The van der Waals surface area contributed by atoms with Crippen LogP contribution in [0.5, 0.6) is 0 Å². The molecule has 0 aliphatic heterocycles. The number of aromatic amines is 1. The molecule has 0 aliphatic rings. The Balaban J connectivity index is 2.93. The van der Waals surface area contributed by atoms with Crippen molar-refractivity contribution in [3.05, 3.63) is 11.4 Å². The van der Waals surface area contributed by atoms with Crippen molar-refractivity contribution in [1.29, 1.82) is 0 Å². The van der Waals surface area contributed by atoms with Gasteiger partial charge in [0, 0.05) is 6.42 Å². The van der Waals surface area contributed by atoms with Crippen LogP contribution in [0, 0.1) is 13.8 Å². The summed E-state index contributed by atoms with van der Waals surface area (Å²) in [6.07, 6.45) is -0.420. The van der Waals surface area contributed by atoms with Gasteiger partial charge in [-0.1, -0.05) is 0 Å². The van der Waals surface area contributed by atoms with E-state index in [0.29, 0.717) is 5.69 Å². The topological polar surface area (TPSA) is 138 Å². The average Bonchev–Trinajstić information content (AvgIpc) is 2.73. The van der Waals surface area contributed by atoms with E-state index in [4.69, 9.17) is 5.11 Å². The van der Waals surface area contributed by atoms with E-state index in [1.165, 1.54) is 21.0 Å². The first-order chi connectivity index (χ1) is 9.69. The first kappa shape index (κ1) is 17.1. The smallest absolute Gasteiger partial charge is 0.321 e. The van der Waals surface area contributed by atoms with Gasteiger partial charge in [0.2, 0.25) is 10.0 Å². The van der Waals surface area contributed by atoms with Crippen LogP contribution in [-0.2, 0) is 24.3 Å². The highest BCUT2D eigenvalue weighted by molar-refractivity contribution is 7.89. The Kier molecular flexibility index (Phi) is 5.44. The molecule has 0 amide bonds. The van der Waals surface area contributed by atoms with Gasteiger partial charge in [0.05, 0.1) is 18.5 Å². The first-order valence-corrected chi connectivity index (χ1v) is 7.51. The van der Waals surface area contributed by atoms with Crippen molar-refractivity contribution >= 4 is 22.0 Å². The molecule has 3 N–H and O–H groups in total. The van der Waals surface area contributed by atoms with Crippen LogP contribution in [-0.4, -0.2) is 48.8 Å². The largest absolute Gasteiger partial charge is 0.480 e. The Bertz CT molecular complexity index is 617. The molecule has 0 fully saturated rings. The van der Waals surface area contributed by atoms with E-state index in [1.807, 2.05) is 0 Å². The predicted octanol–water partition coefficient (Wildman–Crippen LogP) is -0.289. The second-order valence-electron chi connectivity index (χ2n) is 4.39. The molecule has 1 atom stereocenters. The van der Waals surface area contributed by atoms with Crippen LogP contribution < -0.4 is 4.72 Å². The highest BCUT2D eigenvalue weighted by Crippen LogP contribution is 2.17. The summed E-state index contributed by atoms with van der Waals surface area (Å²) in [6, 6.07) is -1.43. The zero-order chi connectivity index (χ0) is 16.2. The number of rotatable bonds is 7. The molecule has 0 aromatic carbocycles. The van der Waals surface area contributed by atoms with Gasteiger partial charge in [0.1, 0.15) is 10.9 Å². The lowest BCUT2D eigenvalue weighted by molar-refractivity contribution is -0.142. The molecule has 0 spiro atoms. The molecule has 0 radical (unpaired) electrons. The zero-order valence-corrected chi connectivity index (χ0v) is 12.7. The fraction of sp³-hybridized carbons (Fsp3) is 0.545. The number of hydrogen-bond donors (Lipinski definition) is 3. The lowest BCUT2D eigenvalue weighted by Crippen LogP contribution is -2.41. The normalized spacial score (nSPS) is 12.9. The zero-order valence-electron chi connectivity index (χ0n) is 11.8. The Labute approximate surface area is 121 Å². The monoisotopic (exact) mass is 319 g/mol. The molecule has 9 nitrogen and oxygen atoms in total. The number of aromatic nitrogens is 2. The Morgan fingerprint density at radius 3 is 2.48 bits per heavy atom. The number of aliphatic carboxylic acids is 1. The van der Waals surface area contributed by atoms with Crippen molar-refractivity contribution in [1.82, 2.24) is 14.9 Å². The molecule has 118 valence electrons. The second kappa shape index (κ2) is 6.68. The lowest BCUT2D eigenvalue weighted by Gasteiger charge is -2.14. The summed E-state index contributed by atoms with van der Waals surface area (Å²) >= 11 is 0. The number of nitrogens with one attached hydrogen (secondary N) is 2. The number of esters is 1. The van der Waals surface area contributed by atoms with E-state index < -0.39 is 28.0 Å². The molecule has 1 rings (SSSR count). The molecule has 0 unspecified atom stereocenters. The second-order valence-corrected chi connectivity index (χ2v) is 6.04. The molecule has 1 aromatic rings. The van der Waals surface area contributed by atoms with Gasteiger partial charge in [0.15, 0.2) is 0 Å². The average molecular weight is 319 g/mol. The van der Waals surface area contributed by atoms with Gasteiger partial charge in [-0.25, -0.2) is 8.42 Å². The summed E-state index contributed by atoms with van der Waals surface area (Å²) in [4.78, 5) is 22.1. The van der Waals surface area contributed by atoms with Gasteiger partial charge in [-0.3, -0.25) is 14.7 Å². The Hall–Kier alpha value is -1.94. The quantitative estimate of drug-likeness (QED) is 0.587. The predicted molar refractivity (Wildman–Crippen MR) is 71.1 cm³/mol. The maximum absolute atomic E-state index is 12.2. The summed E-state index contributed by atoms with van der Waals surface area (Å²) in [5, 5.41) is 15.3. The van der Waals surface area contributed by atoms with Crippen LogP contribution in [0.25, 0.3) is 0 Å². The molecular formula is C11H17N3O6S. The van der Waals surface area contributed by atoms with E-state index in [0.717, 1.165) is 0 Å². The number of carbonyl (C=O) groups is 2. The third-order valence-corrected chi connectivity index (χ3v) is 4.52. The molecule has 0 bridgehead atoms. The maximum atomic E-state index is 12.2. The summed E-state index contributed by atoms with van der Waals surface area (Å²) in [5.41, 5.74) is 0.536. The number of methoxy groups -OCH3 is 1. The fourth-order valence-electron chi connectivity index (χ4n) is 1.78. The number of carbonyl (C=O) groups excluding carboxylic acids is 1. The minimum atomic E-state index is -4.05. The number of hydrogen-bond acceptors (Lipinski definition) is 6. The molecule has 10 heteroatoms. The van der Waals surface area contributed by atoms with Crippen molar-refractivity contribution in [3.8, 4) is 0 Å². The van der Waals surface area contributed by atoms with E-state index in [-0.39, 0.29) is 23.4 Å². The van der Waals surface area contributed by atoms with Gasteiger partial charge in [-0.05, 0) is 20.3 Å². The standard InChI is InChI=1S/C11H17N3O6S/c1-6-10(7(2)13-12-6)21(18,19)14-8(11(16)17)4-5-9(15)20-3/h8,14H,4-5H2,1-3H3,(H,12,13)(H,16,17)/t8-/m1/s1. The summed E-state index contributed by atoms with van der Waals surface area (Å²) in [7, 11) is -2.89. The molecule has 1 aromatic heterocycles. The van der Waals surface area contributed by atoms with Crippen LogP contribution in [0.4, 0.5) is 0 Å². The van der Waals surface area contributed by atoms with E-state index >= 15 is 0 Å². The highest BCUT2D eigenvalue weighted by Gasteiger charge is 2.29. The summed E-state index contributed by atoms with van der Waals surface area (Å²) in [5.74, 6) is -1.99. The first-order valence-electron chi connectivity index (χ1n) is 6.02. The number of aryl methyl sites for hydroxylation is 2. The van der Waals surface area contributed by atoms with Crippen molar-refractivity contribution in [3.63, 3.8) is 0 Å². The lowest BCUT2D eigenvalue weighted by atomic mass is 10.2. The van der Waals surface area contributed by atoms with E-state index in [1.54, 1.807) is 0 Å². The number of carboxylic acids is 1. The third kappa shape index (κ3) is 4.26. The number of sulfonamides is 1. The van der Waals surface area contributed by atoms with Crippen LogP contribution >= 0.6 is 0 Å². The van der Waals surface area contributed by atoms with Crippen molar-refractivity contribution in [2.75, 3.05) is 7.11 Å².